The first-order valence-corrected chi connectivity index (χ1v) is 7.21. The Morgan fingerprint density at radius 3 is 2.42 bits per heavy atom. The van der Waals surface area contributed by atoms with E-state index in [4.69, 9.17) is 0 Å². The number of thiophene rings is 1. The number of hydrogen-bond acceptors (Lipinski definition) is 2. The lowest BCUT2D eigenvalue weighted by molar-refractivity contribution is -0.137. The van der Waals surface area contributed by atoms with Gasteiger partial charge in [-0.3, -0.25) is 4.79 Å². The van der Waals surface area contributed by atoms with Gasteiger partial charge in [0.25, 0.3) is 0 Å². The lowest BCUT2D eigenvalue weighted by Gasteiger charge is -2.10. The van der Waals surface area contributed by atoms with E-state index in [0.29, 0.717) is 16.7 Å². The highest BCUT2D eigenvalue weighted by molar-refractivity contribution is 14.1. The van der Waals surface area contributed by atoms with E-state index in [1.165, 1.54) is 24.3 Å². The number of benzene rings is 1. The van der Waals surface area contributed by atoms with Crippen molar-refractivity contribution in [3.63, 3.8) is 0 Å². The molecule has 1 aromatic heterocycles. The average Bonchev–Trinajstić information content (AvgIpc) is 2.73. The number of carbonyl (C=O) groups excluding carboxylic acids is 1. The Balaban J connectivity index is 2.39. The van der Waals surface area contributed by atoms with Crippen LogP contribution in [0.3, 0.4) is 0 Å². The van der Waals surface area contributed by atoms with Crippen molar-refractivity contribution >= 4 is 39.7 Å². The molecular weight excluding hydrogens is 388 g/mol. The fourth-order valence-electron chi connectivity index (χ4n) is 1.68. The molecule has 0 atom stereocenters. The third kappa shape index (κ3) is 3.17. The summed E-state index contributed by atoms with van der Waals surface area (Å²) in [7, 11) is 0. The van der Waals surface area contributed by atoms with Crippen molar-refractivity contribution < 1.29 is 18.0 Å². The van der Waals surface area contributed by atoms with Crippen LogP contribution in [0.1, 0.15) is 27.0 Å². The summed E-state index contributed by atoms with van der Waals surface area (Å²) in [6.07, 6.45) is -4.38. The first-order chi connectivity index (χ1) is 8.79. The Hall–Kier alpha value is -0.890. The summed E-state index contributed by atoms with van der Waals surface area (Å²) in [5.41, 5.74) is 0.418. The summed E-state index contributed by atoms with van der Waals surface area (Å²) in [5, 5.41) is 1.71. The molecule has 6 heteroatoms. The third-order valence-corrected chi connectivity index (χ3v) is 4.42. The number of rotatable bonds is 2. The molecule has 0 saturated heterocycles. The first kappa shape index (κ1) is 14.5. The minimum Gasteiger partial charge on any atom is -0.289 e. The Morgan fingerprint density at radius 2 is 1.95 bits per heavy atom. The molecule has 0 bridgehead atoms. The van der Waals surface area contributed by atoms with Crippen LogP contribution in [0.4, 0.5) is 13.2 Å². The molecule has 0 radical (unpaired) electrons. The number of halogens is 4. The molecule has 0 N–H and O–H groups in total. The molecule has 0 amide bonds. The molecule has 0 saturated carbocycles. The minimum absolute atomic E-state index is 0.245. The van der Waals surface area contributed by atoms with Gasteiger partial charge in [-0.2, -0.15) is 13.2 Å². The van der Waals surface area contributed by atoms with Gasteiger partial charge in [0.15, 0.2) is 5.78 Å². The molecule has 0 aliphatic carbocycles. The predicted molar refractivity (Wildman–Crippen MR) is 76.6 cm³/mol. The molecule has 1 aromatic carbocycles. The van der Waals surface area contributed by atoms with E-state index in [9.17, 15) is 18.0 Å². The van der Waals surface area contributed by atoms with Crippen molar-refractivity contribution in [1.82, 2.24) is 0 Å². The van der Waals surface area contributed by atoms with Gasteiger partial charge in [-0.25, -0.2) is 0 Å². The van der Waals surface area contributed by atoms with Crippen molar-refractivity contribution in [2.75, 3.05) is 0 Å². The van der Waals surface area contributed by atoms with E-state index < -0.39 is 11.7 Å². The monoisotopic (exact) mass is 396 g/mol. The number of aryl methyl sites for hydroxylation is 1. The second-order valence-electron chi connectivity index (χ2n) is 4.00. The largest absolute Gasteiger partial charge is 0.416 e. The maximum atomic E-state index is 12.5. The lowest BCUT2D eigenvalue weighted by atomic mass is 9.99. The number of ketones is 1. The Morgan fingerprint density at radius 1 is 1.26 bits per heavy atom. The highest BCUT2D eigenvalue weighted by Gasteiger charge is 2.31. The van der Waals surface area contributed by atoms with Gasteiger partial charge in [-0.05, 0) is 53.3 Å². The van der Waals surface area contributed by atoms with Crippen LogP contribution < -0.4 is 0 Å². The van der Waals surface area contributed by atoms with Crippen LogP contribution >= 0.6 is 33.9 Å². The van der Waals surface area contributed by atoms with Crippen LogP contribution in [0, 0.1) is 9.81 Å². The lowest BCUT2D eigenvalue weighted by Crippen LogP contribution is -2.08. The van der Waals surface area contributed by atoms with Crippen molar-refractivity contribution in [3.8, 4) is 0 Å². The van der Waals surface area contributed by atoms with Gasteiger partial charge in [0.1, 0.15) is 0 Å². The third-order valence-electron chi connectivity index (χ3n) is 2.63. The molecule has 1 nitrogen and oxygen atoms in total. The highest BCUT2D eigenvalue weighted by atomic mass is 127. The molecular formula is C13H8F3IOS. The predicted octanol–water partition coefficient (Wildman–Crippen LogP) is 4.91. The summed E-state index contributed by atoms with van der Waals surface area (Å²) in [6.45, 7) is 1.51. The molecule has 19 heavy (non-hydrogen) atoms. The molecule has 2 aromatic rings. The average molecular weight is 396 g/mol. The van der Waals surface area contributed by atoms with Gasteiger partial charge in [0, 0.05) is 16.5 Å². The molecule has 1 heterocycles. The van der Waals surface area contributed by atoms with Crippen LogP contribution in [0.25, 0.3) is 0 Å². The van der Waals surface area contributed by atoms with Crippen molar-refractivity contribution in [3.05, 3.63) is 54.8 Å². The van der Waals surface area contributed by atoms with Gasteiger partial charge >= 0.3 is 6.18 Å². The topological polar surface area (TPSA) is 17.1 Å². The summed E-state index contributed by atoms with van der Waals surface area (Å²) in [6, 6.07) is 4.91. The molecule has 0 aliphatic rings. The fourth-order valence-corrected chi connectivity index (χ4v) is 3.01. The van der Waals surface area contributed by atoms with E-state index in [2.05, 4.69) is 22.6 Å². The maximum Gasteiger partial charge on any atom is 0.416 e. The molecule has 0 unspecified atom stereocenters. The standard InChI is InChI=1S/C13H8F3IOS/c1-7-4-9(13(14,15)16)2-3-10(7)12(18)8-5-11(17)19-6-8/h2-6H,1H3. The summed E-state index contributed by atoms with van der Waals surface area (Å²) in [5.74, 6) is -0.245. The van der Waals surface area contributed by atoms with Crippen LogP contribution in [0.5, 0.6) is 0 Å². The second kappa shape index (κ2) is 5.24. The van der Waals surface area contributed by atoms with Crippen molar-refractivity contribution in [1.29, 1.82) is 0 Å². The van der Waals surface area contributed by atoms with E-state index in [-0.39, 0.29) is 5.78 Å². The van der Waals surface area contributed by atoms with Crippen molar-refractivity contribution in [2.24, 2.45) is 0 Å². The fraction of sp³-hybridized carbons (Fsp3) is 0.154. The zero-order valence-corrected chi connectivity index (χ0v) is 12.7. The van der Waals surface area contributed by atoms with Crippen molar-refractivity contribution in [2.45, 2.75) is 13.1 Å². The maximum absolute atomic E-state index is 12.5. The molecule has 0 fully saturated rings. The first-order valence-electron chi connectivity index (χ1n) is 5.25. The zero-order chi connectivity index (χ0) is 14.2. The van der Waals surface area contributed by atoms with E-state index in [1.807, 2.05) is 0 Å². The second-order valence-corrected chi connectivity index (χ2v) is 6.80. The Labute approximate surface area is 125 Å². The number of carbonyl (C=O) groups is 1. The van der Waals surface area contributed by atoms with Crippen LogP contribution in [-0.4, -0.2) is 5.78 Å². The van der Waals surface area contributed by atoms with Gasteiger partial charge in [-0.15, -0.1) is 11.3 Å². The van der Waals surface area contributed by atoms with Crippen LogP contribution in [0.2, 0.25) is 0 Å². The molecule has 2 rings (SSSR count). The summed E-state index contributed by atoms with van der Waals surface area (Å²) in [4.78, 5) is 12.2. The molecule has 0 aliphatic heterocycles. The Bertz CT molecular complexity index is 631. The van der Waals surface area contributed by atoms with E-state index in [1.54, 1.807) is 11.4 Å². The Kier molecular flexibility index (Phi) is 4.00. The van der Waals surface area contributed by atoms with Gasteiger partial charge in [0.05, 0.1) is 8.45 Å². The zero-order valence-electron chi connectivity index (χ0n) is 9.72. The molecule has 100 valence electrons. The van der Waals surface area contributed by atoms with Gasteiger partial charge in [-0.1, -0.05) is 6.07 Å². The van der Waals surface area contributed by atoms with E-state index >= 15 is 0 Å². The van der Waals surface area contributed by atoms with Crippen LogP contribution in [-0.2, 0) is 6.18 Å². The smallest absolute Gasteiger partial charge is 0.289 e. The SMILES string of the molecule is Cc1cc(C(F)(F)F)ccc1C(=O)c1csc(I)c1. The number of hydrogen-bond donors (Lipinski definition) is 0. The quantitative estimate of drug-likeness (QED) is 0.521. The summed E-state index contributed by atoms with van der Waals surface area (Å²) >= 11 is 3.52. The highest BCUT2D eigenvalue weighted by Crippen LogP contribution is 2.31. The van der Waals surface area contributed by atoms with Crippen LogP contribution in [0.15, 0.2) is 29.6 Å². The van der Waals surface area contributed by atoms with Gasteiger partial charge in [0.2, 0.25) is 0 Å². The molecule has 0 spiro atoms. The number of alkyl halides is 3. The normalized spacial score (nSPS) is 11.6. The summed E-state index contributed by atoms with van der Waals surface area (Å²) < 4.78 is 38.6. The van der Waals surface area contributed by atoms with Gasteiger partial charge < -0.3 is 0 Å². The van der Waals surface area contributed by atoms with E-state index in [0.717, 1.165) is 15.0 Å². The minimum atomic E-state index is -4.38.